The van der Waals surface area contributed by atoms with Crippen molar-refractivity contribution in [2.75, 3.05) is 39.9 Å². The van der Waals surface area contributed by atoms with Crippen molar-refractivity contribution < 1.29 is 19.1 Å². The van der Waals surface area contributed by atoms with Crippen molar-refractivity contribution in [2.24, 2.45) is 0 Å². The Kier molecular flexibility index (Phi) is 6.16. The number of aldehydes is 1. The summed E-state index contributed by atoms with van der Waals surface area (Å²) in [7, 11) is 1.61. The molecule has 0 radical (unpaired) electrons. The van der Waals surface area contributed by atoms with Gasteiger partial charge < -0.3 is 14.3 Å². The van der Waals surface area contributed by atoms with Crippen molar-refractivity contribution >= 4 is 12.4 Å². The van der Waals surface area contributed by atoms with Crippen molar-refractivity contribution in [2.45, 2.75) is 45.3 Å². The number of ether oxygens (including phenoxy) is 2. The summed E-state index contributed by atoms with van der Waals surface area (Å²) in [6.07, 6.45) is 0.933. The number of morpholine rings is 1. The van der Waals surface area contributed by atoms with Crippen LogP contribution in [0.2, 0.25) is 0 Å². The Morgan fingerprint density at radius 2 is 1.86 bits per heavy atom. The highest BCUT2D eigenvalue weighted by Crippen LogP contribution is 2.20. The average Bonchev–Trinajstić information content (AvgIpc) is 2.43. The van der Waals surface area contributed by atoms with Gasteiger partial charge in [-0.2, -0.15) is 0 Å². The second kappa shape index (κ2) is 7.22. The van der Waals surface area contributed by atoms with Crippen LogP contribution in [-0.2, 0) is 14.3 Å². The van der Waals surface area contributed by atoms with Gasteiger partial charge >= 0.3 is 6.09 Å². The number of amides is 1. The molecule has 1 saturated heterocycles. The summed E-state index contributed by atoms with van der Waals surface area (Å²) in [4.78, 5) is 27.3. The minimum atomic E-state index is -0.860. The summed E-state index contributed by atoms with van der Waals surface area (Å²) in [6.45, 7) is 11.1. The zero-order valence-electron chi connectivity index (χ0n) is 13.8. The largest absolute Gasteiger partial charge is 0.444 e. The van der Waals surface area contributed by atoms with Crippen LogP contribution in [0, 0.1) is 0 Å². The predicted molar refractivity (Wildman–Crippen MR) is 80.3 cm³/mol. The summed E-state index contributed by atoms with van der Waals surface area (Å²) in [5.74, 6) is 0. The number of rotatable bonds is 5. The van der Waals surface area contributed by atoms with Crippen molar-refractivity contribution in [3.8, 4) is 0 Å². The lowest BCUT2D eigenvalue weighted by molar-refractivity contribution is -0.117. The minimum absolute atomic E-state index is 0.473. The fourth-order valence-electron chi connectivity index (χ4n) is 2.05. The van der Waals surface area contributed by atoms with Crippen molar-refractivity contribution in [3.05, 3.63) is 0 Å². The molecule has 0 bridgehead atoms. The number of carbonyl (C=O) groups excluding carboxylic acids is 2. The Labute approximate surface area is 127 Å². The molecule has 1 rings (SSSR count). The predicted octanol–water partition coefficient (Wildman–Crippen LogP) is 1.53. The van der Waals surface area contributed by atoms with Crippen molar-refractivity contribution in [1.29, 1.82) is 0 Å². The van der Waals surface area contributed by atoms with Crippen LogP contribution in [0.25, 0.3) is 0 Å². The topological polar surface area (TPSA) is 59.1 Å². The third-order valence-electron chi connectivity index (χ3n) is 3.73. The standard InChI is InChI=1S/C15H28N2O4/c1-14(2,3)21-13(19)16(5)15(4,12-18)6-7-17-8-10-20-11-9-17/h12H,6-11H2,1-5H3. The van der Waals surface area contributed by atoms with Gasteiger partial charge in [0.15, 0.2) is 0 Å². The van der Waals surface area contributed by atoms with Gasteiger partial charge in [-0.25, -0.2) is 4.79 Å². The van der Waals surface area contributed by atoms with E-state index < -0.39 is 17.2 Å². The van der Waals surface area contributed by atoms with E-state index in [0.717, 1.165) is 39.1 Å². The van der Waals surface area contributed by atoms with E-state index in [4.69, 9.17) is 9.47 Å². The van der Waals surface area contributed by atoms with Crippen LogP contribution < -0.4 is 0 Å². The fourth-order valence-corrected chi connectivity index (χ4v) is 2.05. The van der Waals surface area contributed by atoms with Crippen LogP contribution in [0.5, 0.6) is 0 Å². The lowest BCUT2D eigenvalue weighted by Gasteiger charge is -2.37. The molecule has 1 aliphatic heterocycles. The monoisotopic (exact) mass is 300 g/mol. The molecule has 1 amide bonds. The maximum absolute atomic E-state index is 12.1. The molecule has 0 saturated carbocycles. The fraction of sp³-hybridized carbons (Fsp3) is 0.867. The van der Waals surface area contributed by atoms with Crippen LogP contribution in [0.1, 0.15) is 34.1 Å². The first kappa shape index (κ1) is 17.9. The number of carbonyl (C=O) groups is 2. The van der Waals surface area contributed by atoms with Gasteiger partial charge in [-0.05, 0) is 34.1 Å². The summed E-state index contributed by atoms with van der Waals surface area (Å²) >= 11 is 0. The molecule has 1 aliphatic rings. The SMILES string of the molecule is CN(C(=O)OC(C)(C)C)C(C)(C=O)CCN1CCOCC1. The van der Waals surface area contributed by atoms with Crippen LogP contribution >= 0.6 is 0 Å². The molecule has 1 atom stereocenters. The van der Waals surface area contributed by atoms with Gasteiger partial charge in [0.25, 0.3) is 0 Å². The number of likely N-dealkylation sites (N-methyl/N-ethyl adjacent to an activating group) is 1. The zero-order valence-corrected chi connectivity index (χ0v) is 13.8. The number of hydrogen-bond acceptors (Lipinski definition) is 5. The molecule has 1 fully saturated rings. The van der Waals surface area contributed by atoms with E-state index in [1.807, 2.05) is 20.8 Å². The van der Waals surface area contributed by atoms with Gasteiger partial charge in [0, 0.05) is 26.7 Å². The normalized spacial score (nSPS) is 19.7. The smallest absolute Gasteiger partial charge is 0.410 e. The molecule has 1 heterocycles. The summed E-state index contributed by atoms with van der Waals surface area (Å²) in [6, 6.07) is 0. The molecule has 6 nitrogen and oxygen atoms in total. The van der Waals surface area contributed by atoms with E-state index in [2.05, 4.69) is 4.90 Å². The Morgan fingerprint density at radius 1 is 1.29 bits per heavy atom. The summed E-state index contributed by atoms with van der Waals surface area (Å²) in [5.41, 5.74) is -1.43. The lowest BCUT2D eigenvalue weighted by Crippen LogP contribution is -2.52. The molecule has 0 N–H and O–H groups in total. The molecular formula is C15H28N2O4. The quantitative estimate of drug-likeness (QED) is 0.721. The Balaban J connectivity index is 2.60. The molecule has 21 heavy (non-hydrogen) atoms. The second-order valence-electron chi connectivity index (χ2n) is 6.72. The molecule has 0 aliphatic carbocycles. The summed E-state index contributed by atoms with van der Waals surface area (Å²) < 4.78 is 10.6. The van der Waals surface area contributed by atoms with E-state index in [9.17, 15) is 9.59 Å². The minimum Gasteiger partial charge on any atom is -0.444 e. The third kappa shape index (κ3) is 5.63. The molecule has 0 aromatic heterocycles. The van der Waals surface area contributed by atoms with Crippen LogP contribution in [0.3, 0.4) is 0 Å². The first-order chi connectivity index (χ1) is 9.68. The van der Waals surface area contributed by atoms with E-state index >= 15 is 0 Å². The first-order valence-electron chi connectivity index (χ1n) is 7.41. The Bertz CT molecular complexity index is 361. The van der Waals surface area contributed by atoms with E-state index in [1.165, 1.54) is 4.90 Å². The van der Waals surface area contributed by atoms with Gasteiger partial charge in [-0.15, -0.1) is 0 Å². The molecular weight excluding hydrogens is 272 g/mol. The highest BCUT2D eigenvalue weighted by atomic mass is 16.6. The first-order valence-corrected chi connectivity index (χ1v) is 7.41. The Hall–Kier alpha value is -1.14. The van der Waals surface area contributed by atoms with Gasteiger partial charge in [0.05, 0.1) is 18.8 Å². The molecule has 6 heteroatoms. The average molecular weight is 300 g/mol. The van der Waals surface area contributed by atoms with E-state index in [-0.39, 0.29) is 0 Å². The van der Waals surface area contributed by atoms with Crippen molar-refractivity contribution in [1.82, 2.24) is 9.80 Å². The van der Waals surface area contributed by atoms with Crippen LogP contribution in [0.15, 0.2) is 0 Å². The van der Waals surface area contributed by atoms with Gasteiger partial charge in [0.2, 0.25) is 0 Å². The second-order valence-corrected chi connectivity index (χ2v) is 6.72. The van der Waals surface area contributed by atoms with Gasteiger partial charge in [-0.3, -0.25) is 9.80 Å². The maximum atomic E-state index is 12.1. The molecule has 0 aromatic carbocycles. The number of nitrogens with zero attached hydrogens (tertiary/aromatic N) is 2. The highest BCUT2D eigenvalue weighted by molar-refractivity contribution is 5.76. The zero-order chi connectivity index (χ0) is 16.1. The highest BCUT2D eigenvalue weighted by Gasteiger charge is 2.35. The molecule has 0 aromatic rings. The lowest BCUT2D eigenvalue weighted by atomic mass is 9.98. The third-order valence-corrected chi connectivity index (χ3v) is 3.73. The summed E-state index contributed by atoms with van der Waals surface area (Å²) in [5, 5.41) is 0. The molecule has 122 valence electrons. The van der Waals surface area contributed by atoms with E-state index in [1.54, 1.807) is 14.0 Å². The molecule has 0 spiro atoms. The number of hydrogen-bond donors (Lipinski definition) is 0. The van der Waals surface area contributed by atoms with Crippen LogP contribution in [-0.4, -0.2) is 73.2 Å². The van der Waals surface area contributed by atoms with E-state index in [0.29, 0.717) is 6.42 Å². The Morgan fingerprint density at radius 3 is 2.33 bits per heavy atom. The van der Waals surface area contributed by atoms with Crippen molar-refractivity contribution in [3.63, 3.8) is 0 Å². The van der Waals surface area contributed by atoms with Crippen LogP contribution in [0.4, 0.5) is 4.79 Å². The van der Waals surface area contributed by atoms with Gasteiger partial charge in [0.1, 0.15) is 11.9 Å². The maximum Gasteiger partial charge on any atom is 0.410 e. The molecule has 1 unspecified atom stereocenters. The van der Waals surface area contributed by atoms with Gasteiger partial charge in [-0.1, -0.05) is 0 Å².